The van der Waals surface area contributed by atoms with Crippen LogP contribution < -0.4 is 15.4 Å². The number of hydrogen-bond acceptors (Lipinski definition) is 4. The van der Waals surface area contributed by atoms with Gasteiger partial charge in [0.2, 0.25) is 0 Å². The summed E-state index contributed by atoms with van der Waals surface area (Å²) in [5, 5.41) is 6.44. The lowest BCUT2D eigenvalue weighted by molar-refractivity contribution is -0.110. The zero-order chi connectivity index (χ0) is 24.7. The highest BCUT2D eigenvalue weighted by molar-refractivity contribution is 6.36. The predicted octanol–water partition coefficient (Wildman–Crippen LogP) is 4.31. The van der Waals surface area contributed by atoms with Crippen LogP contribution in [-0.2, 0) is 4.79 Å². The molecule has 3 heterocycles. The number of amides is 2. The van der Waals surface area contributed by atoms with Gasteiger partial charge in [0.15, 0.2) is 0 Å². The zero-order valence-corrected chi connectivity index (χ0v) is 20.4. The topological polar surface area (TPSA) is 86.5 Å². The van der Waals surface area contributed by atoms with Gasteiger partial charge in [0, 0.05) is 48.3 Å². The van der Waals surface area contributed by atoms with Gasteiger partial charge >= 0.3 is 0 Å². The van der Waals surface area contributed by atoms with Gasteiger partial charge < -0.3 is 25.3 Å². The van der Waals surface area contributed by atoms with Crippen molar-refractivity contribution in [1.82, 2.24) is 15.2 Å². The van der Waals surface area contributed by atoms with Crippen LogP contribution in [0.25, 0.3) is 22.8 Å². The van der Waals surface area contributed by atoms with E-state index in [0.29, 0.717) is 24.2 Å². The van der Waals surface area contributed by atoms with Crippen molar-refractivity contribution in [3.8, 4) is 16.9 Å². The van der Waals surface area contributed by atoms with Crippen LogP contribution in [-0.4, -0.2) is 54.0 Å². The fourth-order valence-electron chi connectivity index (χ4n) is 5.09. The van der Waals surface area contributed by atoms with E-state index >= 15 is 0 Å². The molecule has 1 saturated heterocycles. The molecule has 2 aliphatic rings. The Morgan fingerprint density at radius 1 is 1.09 bits per heavy atom. The van der Waals surface area contributed by atoms with E-state index in [0.717, 1.165) is 39.4 Å². The molecule has 7 nitrogen and oxygen atoms in total. The van der Waals surface area contributed by atoms with Crippen LogP contribution >= 0.6 is 0 Å². The first-order valence-electron chi connectivity index (χ1n) is 11.9. The van der Waals surface area contributed by atoms with E-state index in [2.05, 4.69) is 29.5 Å². The first-order valence-corrected chi connectivity index (χ1v) is 11.9. The number of carbonyl (C=O) groups excluding carboxylic acids is 2. The number of aromatic amines is 1. The molecule has 1 fully saturated rings. The maximum Gasteiger partial charge on any atom is 0.256 e. The smallest absolute Gasteiger partial charge is 0.256 e. The summed E-state index contributed by atoms with van der Waals surface area (Å²) in [5.74, 6) is 0.630. The third-order valence-corrected chi connectivity index (χ3v) is 6.77. The second-order valence-corrected chi connectivity index (χ2v) is 9.39. The van der Waals surface area contributed by atoms with Gasteiger partial charge in [-0.3, -0.25) is 9.59 Å². The van der Waals surface area contributed by atoms with Gasteiger partial charge in [0.05, 0.1) is 18.2 Å². The highest BCUT2D eigenvalue weighted by Crippen LogP contribution is 2.41. The van der Waals surface area contributed by atoms with Gasteiger partial charge in [-0.25, -0.2) is 0 Å². The Balaban J connectivity index is 1.51. The second-order valence-electron chi connectivity index (χ2n) is 9.39. The lowest BCUT2D eigenvalue weighted by atomic mass is 9.94. The lowest BCUT2D eigenvalue weighted by Gasteiger charge is -2.36. The molecule has 3 aromatic rings. The fourth-order valence-corrected chi connectivity index (χ4v) is 5.09. The van der Waals surface area contributed by atoms with E-state index in [1.165, 1.54) is 0 Å². The summed E-state index contributed by atoms with van der Waals surface area (Å²) in [4.78, 5) is 31.4. The van der Waals surface area contributed by atoms with Gasteiger partial charge in [0.25, 0.3) is 11.8 Å². The lowest BCUT2D eigenvalue weighted by Crippen LogP contribution is -2.55. The number of hydrogen-bond donors (Lipinski definition) is 3. The Hall–Kier alpha value is -3.84. The summed E-state index contributed by atoms with van der Waals surface area (Å²) >= 11 is 0. The monoisotopic (exact) mass is 470 g/mol. The number of rotatable bonds is 4. The van der Waals surface area contributed by atoms with Gasteiger partial charge in [0.1, 0.15) is 5.75 Å². The number of methoxy groups -OCH3 is 1. The van der Waals surface area contributed by atoms with Crippen molar-refractivity contribution in [3.63, 3.8) is 0 Å². The predicted molar refractivity (Wildman–Crippen MR) is 138 cm³/mol. The number of benzene rings is 2. The van der Waals surface area contributed by atoms with E-state index in [1.54, 1.807) is 13.3 Å². The molecule has 2 aliphatic heterocycles. The van der Waals surface area contributed by atoms with Crippen LogP contribution in [0.5, 0.6) is 5.75 Å². The average molecular weight is 471 g/mol. The minimum absolute atomic E-state index is 0.0128. The van der Waals surface area contributed by atoms with Gasteiger partial charge in [-0.15, -0.1) is 0 Å². The van der Waals surface area contributed by atoms with E-state index in [1.807, 2.05) is 60.4 Å². The van der Waals surface area contributed by atoms with Crippen LogP contribution in [0.3, 0.4) is 0 Å². The van der Waals surface area contributed by atoms with Crippen molar-refractivity contribution in [2.24, 2.45) is 0 Å². The zero-order valence-electron chi connectivity index (χ0n) is 20.4. The number of fused-ring (bicyclic) bond motifs is 1. The maximum absolute atomic E-state index is 13.3. The molecule has 5 rings (SSSR count). The summed E-state index contributed by atoms with van der Waals surface area (Å²) in [5.41, 5.74) is 6.38. The number of piperazine rings is 1. The van der Waals surface area contributed by atoms with Crippen molar-refractivity contribution in [3.05, 3.63) is 71.0 Å². The van der Waals surface area contributed by atoms with E-state index in [9.17, 15) is 9.59 Å². The Morgan fingerprint density at radius 3 is 2.49 bits per heavy atom. The van der Waals surface area contributed by atoms with Crippen LogP contribution in [0.4, 0.5) is 5.69 Å². The molecule has 2 atom stereocenters. The number of anilines is 1. The molecule has 0 spiro atoms. The largest absolute Gasteiger partial charge is 0.497 e. The van der Waals surface area contributed by atoms with E-state index < -0.39 is 0 Å². The molecule has 0 aliphatic carbocycles. The van der Waals surface area contributed by atoms with Gasteiger partial charge in [-0.2, -0.15) is 0 Å². The van der Waals surface area contributed by atoms with E-state index in [4.69, 9.17) is 4.74 Å². The molecule has 0 unspecified atom stereocenters. The number of carbonyl (C=O) groups is 2. The Labute approximate surface area is 205 Å². The third-order valence-electron chi connectivity index (χ3n) is 6.77. The summed E-state index contributed by atoms with van der Waals surface area (Å²) in [6, 6.07) is 14.1. The van der Waals surface area contributed by atoms with Crippen LogP contribution in [0, 0.1) is 6.92 Å². The minimum atomic E-state index is -0.160. The normalized spacial score (nSPS) is 20.6. The molecule has 0 bridgehead atoms. The number of nitrogens with one attached hydrogen (secondary N) is 3. The SMILES string of the molecule is COc1ccc(-c2cccc3c2/C(=C/c2[nH]cc(C(=O)N4C[C@H](C)N[C@@H](C)C4)c2C)C(=O)N3)cc1. The summed E-state index contributed by atoms with van der Waals surface area (Å²) in [6.45, 7) is 7.45. The van der Waals surface area contributed by atoms with Crippen molar-refractivity contribution in [2.45, 2.75) is 32.9 Å². The number of nitrogens with zero attached hydrogens (tertiary/aromatic N) is 1. The molecule has 2 amide bonds. The summed E-state index contributed by atoms with van der Waals surface area (Å²) in [6.07, 6.45) is 3.61. The molecule has 35 heavy (non-hydrogen) atoms. The fraction of sp³-hybridized carbons (Fsp3) is 0.286. The standard InChI is InChI=1S/C28H30N4O3/c1-16-14-32(15-17(2)30-16)28(34)23-13-29-25(18(23)3)12-22-26-21(6-5-7-24(26)31-27(22)33)19-8-10-20(35-4)11-9-19/h5-13,16-17,29-30H,14-15H2,1-4H3,(H,31,33)/b22-12-/t16-,17-/m0/s1. The van der Waals surface area contributed by atoms with Crippen molar-refractivity contribution in [2.75, 3.05) is 25.5 Å². The third kappa shape index (κ3) is 4.23. The first-order chi connectivity index (χ1) is 16.9. The molecule has 0 saturated carbocycles. The van der Waals surface area contributed by atoms with Gasteiger partial charge in [-0.1, -0.05) is 24.3 Å². The Morgan fingerprint density at radius 2 is 1.80 bits per heavy atom. The van der Waals surface area contributed by atoms with Crippen LogP contribution in [0.15, 0.2) is 48.7 Å². The number of ether oxygens (including phenoxy) is 1. The molecular formula is C28H30N4O3. The number of aromatic nitrogens is 1. The quantitative estimate of drug-likeness (QED) is 0.496. The highest BCUT2D eigenvalue weighted by atomic mass is 16.5. The second kappa shape index (κ2) is 9.07. The Bertz CT molecular complexity index is 1310. The molecule has 7 heteroatoms. The van der Waals surface area contributed by atoms with Crippen molar-refractivity contribution in [1.29, 1.82) is 0 Å². The van der Waals surface area contributed by atoms with Crippen LogP contribution in [0.1, 0.15) is 41.0 Å². The molecular weight excluding hydrogens is 440 g/mol. The van der Waals surface area contributed by atoms with E-state index in [-0.39, 0.29) is 23.9 Å². The molecule has 3 N–H and O–H groups in total. The Kier molecular flexibility index (Phi) is 5.94. The summed E-state index contributed by atoms with van der Waals surface area (Å²) in [7, 11) is 1.64. The van der Waals surface area contributed by atoms with Crippen LogP contribution in [0.2, 0.25) is 0 Å². The minimum Gasteiger partial charge on any atom is -0.497 e. The van der Waals surface area contributed by atoms with Crippen molar-refractivity contribution < 1.29 is 14.3 Å². The van der Waals surface area contributed by atoms with Gasteiger partial charge in [-0.05, 0) is 61.7 Å². The van der Waals surface area contributed by atoms with Crippen molar-refractivity contribution >= 4 is 29.2 Å². The molecule has 180 valence electrons. The summed E-state index contributed by atoms with van der Waals surface area (Å²) < 4.78 is 5.29. The number of H-pyrrole nitrogens is 1. The average Bonchev–Trinajstić information content (AvgIpc) is 3.37. The molecule has 1 aromatic heterocycles. The maximum atomic E-state index is 13.3. The first kappa shape index (κ1) is 22.9. The molecule has 0 radical (unpaired) electrons. The molecule has 2 aromatic carbocycles. The highest BCUT2D eigenvalue weighted by Gasteiger charge is 2.30.